The number of urea groups is 1. The molecule has 2 fully saturated rings. The number of likely N-dealkylation sites (tertiary alicyclic amines) is 1. The first kappa shape index (κ1) is 14.3. The summed E-state index contributed by atoms with van der Waals surface area (Å²) in [7, 11) is 1.70. The Kier molecular flexibility index (Phi) is 3.84. The second-order valence-electron chi connectivity index (χ2n) is 5.91. The molecule has 1 aromatic heterocycles. The Labute approximate surface area is 127 Å². The van der Waals surface area contributed by atoms with Crippen LogP contribution in [-0.4, -0.2) is 51.5 Å². The summed E-state index contributed by atoms with van der Waals surface area (Å²) in [6, 6.07) is -0.868. The predicted octanol–water partition coefficient (Wildman–Crippen LogP) is 1.88. The number of thiazole rings is 1. The molecule has 6 nitrogen and oxygen atoms in total. The van der Waals surface area contributed by atoms with E-state index in [1.165, 1.54) is 11.3 Å². The third-order valence-electron chi connectivity index (χ3n) is 4.60. The molecule has 3 unspecified atom stereocenters. The van der Waals surface area contributed by atoms with Gasteiger partial charge in [-0.3, -0.25) is 0 Å². The van der Waals surface area contributed by atoms with Crippen LogP contribution in [0.3, 0.4) is 0 Å². The minimum atomic E-state index is -0.875. The van der Waals surface area contributed by atoms with Crippen LogP contribution < -0.4 is 0 Å². The normalized spacial score (nSPS) is 27.7. The van der Waals surface area contributed by atoms with Gasteiger partial charge in [0.05, 0.1) is 17.7 Å². The van der Waals surface area contributed by atoms with Gasteiger partial charge >= 0.3 is 12.0 Å². The summed E-state index contributed by atoms with van der Waals surface area (Å²) in [5.74, 6) is -0.401. The first-order valence-electron chi connectivity index (χ1n) is 7.19. The van der Waals surface area contributed by atoms with E-state index in [0.717, 1.165) is 25.0 Å². The van der Waals surface area contributed by atoms with E-state index in [0.29, 0.717) is 19.0 Å². The number of hydrogen-bond acceptors (Lipinski definition) is 4. The fourth-order valence-corrected chi connectivity index (χ4v) is 4.21. The lowest BCUT2D eigenvalue weighted by molar-refractivity contribution is -0.142. The zero-order valence-corrected chi connectivity index (χ0v) is 12.8. The summed E-state index contributed by atoms with van der Waals surface area (Å²) < 4.78 is 0. The quantitative estimate of drug-likeness (QED) is 0.925. The molecular weight excluding hydrogens is 290 g/mol. The van der Waals surface area contributed by atoms with Gasteiger partial charge in [0, 0.05) is 19.0 Å². The van der Waals surface area contributed by atoms with Gasteiger partial charge in [-0.15, -0.1) is 11.3 Å². The number of rotatable bonds is 3. The zero-order chi connectivity index (χ0) is 15.0. The van der Waals surface area contributed by atoms with E-state index >= 15 is 0 Å². The molecular formula is C14H19N3O3S. The topological polar surface area (TPSA) is 73.7 Å². The summed E-state index contributed by atoms with van der Waals surface area (Å²) in [4.78, 5) is 31.4. The van der Waals surface area contributed by atoms with Gasteiger partial charge in [-0.25, -0.2) is 14.6 Å². The second-order valence-corrected chi connectivity index (χ2v) is 6.63. The molecule has 0 spiro atoms. The molecule has 2 heterocycles. The fraction of sp³-hybridized carbons (Fsp3) is 0.643. The Morgan fingerprint density at radius 1 is 1.52 bits per heavy atom. The molecule has 1 aliphatic carbocycles. The van der Waals surface area contributed by atoms with Gasteiger partial charge in [-0.05, 0) is 24.7 Å². The minimum absolute atomic E-state index is 0.124. The second kappa shape index (κ2) is 5.63. The first-order chi connectivity index (χ1) is 10.1. The molecule has 3 atom stereocenters. The van der Waals surface area contributed by atoms with Crippen molar-refractivity contribution in [2.75, 3.05) is 13.6 Å². The van der Waals surface area contributed by atoms with Crippen molar-refractivity contribution in [3.05, 3.63) is 16.6 Å². The Balaban J connectivity index is 1.72. The van der Waals surface area contributed by atoms with Gasteiger partial charge in [0.25, 0.3) is 0 Å². The summed E-state index contributed by atoms with van der Waals surface area (Å²) in [5, 5.41) is 11.4. The van der Waals surface area contributed by atoms with E-state index in [1.54, 1.807) is 22.4 Å². The van der Waals surface area contributed by atoms with Crippen LogP contribution in [0.1, 0.15) is 25.0 Å². The number of fused-ring (bicyclic) bond motifs is 1. The molecule has 1 saturated heterocycles. The SMILES string of the molecule is CN(Cc1cscn1)C(=O)N1CC2CCCC2C1C(=O)O. The highest BCUT2D eigenvalue weighted by Crippen LogP contribution is 2.42. The predicted molar refractivity (Wildman–Crippen MR) is 77.9 cm³/mol. The molecule has 0 radical (unpaired) electrons. The highest BCUT2D eigenvalue weighted by Gasteiger charge is 2.50. The minimum Gasteiger partial charge on any atom is -0.480 e. The van der Waals surface area contributed by atoms with Crippen LogP contribution in [0.4, 0.5) is 4.79 Å². The van der Waals surface area contributed by atoms with Gasteiger partial charge in [0.15, 0.2) is 0 Å². The molecule has 0 aromatic carbocycles. The highest BCUT2D eigenvalue weighted by atomic mass is 32.1. The smallest absolute Gasteiger partial charge is 0.326 e. The van der Waals surface area contributed by atoms with Gasteiger partial charge < -0.3 is 14.9 Å². The summed E-state index contributed by atoms with van der Waals surface area (Å²) in [6.45, 7) is 0.988. The van der Waals surface area contributed by atoms with Crippen molar-refractivity contribution >= 4 is 23.3 Å². The molecule has 1 aliphatic heterocycles. The lowest BCUT2D eigenvalue weighted by atomic mass is 9.94. The molecule has 1 saturated carbocycles. The van der Waals surface area contributed by atoms with E-state index < -0.39 is 12.0 Å². The van der Waals surface area contributed by atoms with Crippen molar-refractivity contribution in [1.29, 1.82) is 0 Å². The standard InChI is InChI=1S/C14H19N3O3S/c1-16(6-10-7-21-8-15-10)14(20)17-5-9-3-2-4-11(9)12(17)13(18)19/h7-9,11-12H,2-6H2,1H3,(H,18,19). The van der Waals surface area contributed by atoms with Crippen molar-refractivity contribution in [3.8, 4) is 0 Å². The number of amides is 2. The number of nitrogens with zero attached hydrogens (tertiary/aromatic N) is 3. The number of carbonyl (C=O) groups is 2. The van der Waals surface area contributed by atoms with E-state index in [-0.39, 0.29) is 11.9 Å². The monoisotopic (exact) mass is 309 g/mol. The van der Waals surface area contributed by atoms with Gasteiger partial charge in [-0.1, -0.05) is 6.42 Å². The van der Waals surface area contributed by atoms with Crippen LogP contribution in [-0.2, 0) is 11.3 Å². The number of carboxylic acids is 1. The number of aliphatic carboxylic acids is 1. The third kappa shape index (κ3) is 2.62. The Bertz CT molecular complexity index is 534. The lowest BCUT2D eigenvalue weighted by Gasteiger charge is -2.29. The fourth-order valence-electron chi connectivity index (χ4n) is 3.66. The molecule has 7 heteroatoms. The van der Waals surface area contributed by atoms with Crippen LogP contribution in [0, 0.1) is 11.8 Å². The third-order valence-corrected chi connectivity index (χ3v) is 5.23. The van der Waals surface area contributed by atoms with Crippen molar-refractivity contribution < 1.29 is 14.7 Å². The van der Waals surface area contributed by atoms with Crippen LogP contribution in [0.15, 0.2) is 10.9 Å². The summed E-state index contributed by atoms with van der Waals surface area (Å²) in [5.41, 5.74) is 2.57. The molecule has 3 rings (SSSR count). The lowest BCUT2D eigenvalue weighted by Crippen LogP contribution is -2.48. The van der Waals surface area contributed by atoms with Crippen molar-refractivity contribution in [1.82, 2.24) is 14.8 Å². The molecule has 21 heavy (non-hydrogen) atoms. The van der Waals surface area contributed by atoms with E-state index in [9.17, 15) is 14.7 Å². The van der Waals surface area contributed by atoms with Crippen molar-refractivity contribution in [2.24, 2.45) is 11.8 Å². The van der Waals surface area contributed by atoms with Gasteiger partial charge in [-0.2, -0.15) is 0 Å². The van der Waals surface area contributed by atoms with Crippen LogP contribution in [0.2, 0.25) is 0 Å². The van der Waals surface area contributed by atoms with E-state index in [1.807, 2.05) is 5.38 Å². The molecule has 1 N–H and O–H groups in total. The number of carbonyl (C=O) groups excluding carboxylic acids is 1. The average molecular weight is 309 g/mol. The first-order valence-corrected chi connectivity index (χ1v) is 8.14. The van der Waals surface area contributed by atoms with E-state index in [2.05, 4.69) is 4.98 Å². The molecule has 2 aliphatic rings. The Morgan fingerprint density at radius 2 is 2.33 bits per heavy atom. The molecule has 1 aromatic rings. The van der Waals surface area contributed by atoms with Crippen LogP contribution >= 0.6 is 11.3 Å². The zero-order valence-electron chi connectivity index (χ0n) is 11.9. The Morgan fingerprint density at radius 3 is 3.00 bits per heavy atom. The van der Waals surface area contributed by atoms with Crippen LogP contribution in [0.25, 0.3) is 0 Å². The number of hydrogen-bond donors (Lipinski definition) is 1. The maximum Gasteiger partial charge on any atom is 0.326 e. The van der Waals surface area contributed by atoms with Crippen LogP contribution in [0.5, 0.6) is 0 Å². The van der Waals surface area contributed by atoms with E-state index in [4.69, 9.17) is 0 Å². The summed E-state index contributed by atoms with van der Waals surface area (Å²) >= 11 is 1.49. The molecule has 114 valence electrons. The molecule has 2 amide bonds. The number of carboxylic acid groups (broad SMARTS) is 1. The van der Waals surface area contributed by atoms with Gasteiger partial charge in [0.2, 0.25) is 0 Å². The van der Waals surface area contributed by atoms with Gasteiger partial charge in [0.1, 0.15) is 6.04 Å². The summed E-state index contributed by atoms with van der Waals surface area (Å²) in [6.07, 6.45) is 3.03. The van der Waals surface area contributed by atoms with Crippen molar-refractivity contribution in [3.63, 3.8) is 0 Å². The Hall–Kier alpha value is -1.63. The maximum atomic E-state index is 12.6. The largest absolute Gasteiger partial charge is 0.480 e. The average Bonchev–Trinajstić information content (AvgIpc) is 3.12. The highest BCUT2D eigenvalue weighted by molar-refractivity contribution is 7.07. The maximum absolute atomic E-state index is 12.6. The van der Waals surface area contributed by atoms with Crippen molar-refractivity contribution in [2.45, 2.75) is 31.8 Å². The molecule has 0 bridgehead atoms. The number of aromatic nitrogens is 1.